The molecule has 0 bridgehead atoms. The van der Waals surface area contributed by atoms with Crippen LogP contribution in [-0.4, -0.2) is 18.0 Å². The van der Waals surface area contributed by atoms with E-state index in [1.807, 2.05) is 6.92 Å². The summed E-state index contributed by atoms with van der Waals surface area (Å²) in [4.78, 5) is 13.0. The first-order chi connectivity index (χ1) is 12.2. The molecule has 1 unspecified atom stereocenters. The largest absolute Gasteiger partial charge is 0.503 e. The van der Waals surface area contributed by atoms with Crippen molar-refractivity contribution in [2.24, 2.45) is 5.41 Å². The van der Waals surface area contributed by atoms with Gasteiger partial charge in [0, 0.05) is 23.4 Å². The van der Waals surface area contributed by atoms with E-state index in [1.54, 1.807) is 12.1 Å². The monoisotopic (exact) mass is 372 g/mol. The lowest BCUT2D eigenvalue weighted by Gasteiger charge is -2.38. The topological polar surface area (TPSA) is 82.3 Å². The molecule has 136 valence electrons. The van der Waals surface area contributed by atoms with Crippen molar-refractivity contribution in [1.82, 2.24) is 5.32 Å². The van der Waals surface area contributed by atoms with Crippen LogP contribution in [0.4, 0.5) is 0 Å². The van der Waals surface area contributed by atoms with E-state index in [9.17, 15) is 15.2 Å². The standard InChI is InChI=1S/C20H21ClN2O3/c1-10-12(9-22)17(11-5-13(21)19(25)16(6-11)26-4)18-14(23-10)7-20(2,3)8-15(18)24/h5-6,17,23,25H,7-8H2,1-4H3. The van der Waals surface area contributed by atoms with Crippen molar-refractivity contribution in [1.29, 1.82) is 5.26 Å². The normalized spacial score (nSPS) is 21.8. The number of rotatable bonds is 2. The van der Waals surface area contributed by atoms with Crippen LogP contribution in [0.15, 0.2) is 34.7 Å². The van der Waals surface area contributed by atoms with Crippen molar-refractivity contribution in [3.63, 3.8) is 0 Å². The number of nitrogens with one attached hydrogen (secondary N) is 1. The van der Waals surface area contributed by atoms with Gasteiger partial charge in [-0.15, -0.1) is 0 Å². The molecule has 0 amide bonds. The Labute approximate surface area is 157 Å². The molecule has 2 N–H and O–H groups in total. The van der Waals surface area contributed by atoms with Crippen LogP contribution in [0.2, 0.25) is 5.02 Å². The number of carbonyl (C=O) groups excluding carboxylic acids is 1. The Balaban J connectivity index is 2.24. The molecule has 2 aliphatic rings. The van der Waals surface area contributed by atoms with Crippen molar-refractivity contribution in [2.75, 3.05) is 7.11 Å². The van der Waals surface area contributed by atoms with Gasteiger partial charge in [0.25, 0.3) is 0 Å². The molecule has 1 aromatic rings. The van der Waals surface area contributed by atoms with E-state index < -0.39 is 5.92 Å². The molecule has 0 aromatic heterocycles. The fourth-order valence-corrected chi connectivity index (χ4v) is 4.05. The highest BCUT2D eigenvalue weighted by Crippen LogP contribution is 2.48. The summed E-state index contributed by atoms with van der Waals surface area (Å²) >= 11 is 6.16. The van der Waals surface area contributed by atoms with Crippen LogP contribution in [-0.2, 0) is 4.79 Å². The molecule has 0 spiro atoms. The lowest BCUT2D eigenvalue weighted by Crippen LogP contribution is -2.36. The molecule has 1 atom stereocenters. The molecule has 1 heterocycles. The highest BCUT2D eigenvalue weighted by Gasteiger charge is 2.41. The van der Waals surface area contributed by atoms with Gasteiger partial charge in [0.1, 0.15) is 0 Å². The lowest BCUT2D eigenvalue weighted by molar-refractivity contribution is -0.118. The highest BCUT2D eigenvalue weighted by molar-refractivity contribution is 6.32. The quantitative estimate of drug-likeness (QED) is 0.813. The summed E-state index contributed by atoms with van der Waals surface area (Å²) in [5.41, 5.74) is 3.18. The van der Waals surface area contributed by atoms with Gasteiger partial charge >= 0.3 is 0 Å². The molecule has 1 aliphatic carbocycles. The molecule has 3 rings (SSSR count). The van der Waals surface area contributed by atoms with Gasteiger partial charge in [-0.3, -0.25) is 4.79 Å². The zero-order valence-electron chi connectivity index (χ0n) is 15.2. The van der Waals surface area contributed by atoms with Gasteiger partial charge in [0.15, 0.2) is 17.3 Å². The number of halogens is 1. The maximum absolute atomic E-state index is 13.0. The third-order valence-electron chi connectivity index (χ3n) is 4.96. The number of nitriles is 1. The second-order valence-electron chi connectivity index (χ2n) is 7.60. The number of carbonyl (C=O) groups is 1. The van der Waals surface area contributed by atoms with E-state index >= 15 is 0 Å². The number of phenols is 1. The van der Waals surface area contributed by atoms with Gasteiger partial charge in [0.05, 0.1) is 29.7 Å². The first-order valence-electron chi connectivity index (χ1n) is 8.39. The SMILES string of the molecule is COc1cc(C2C(C#N)=C(C)NC3=C2C(=O)CC(C)(C)C3)cc(Cl)c1O. The molecule has 1 aromatic carbocycles. The maximum Gasteiger partial charge on any atom is 0.176 e. The molecule has 5 nitrogen and oxygen atoms in total. The van der Waals surface area contributed by atoms with Crippen LogP contribution in [0.1, 0.15) is 45.1 Å². The van der Waals surface area contributed by atoms with Crippen LogP contribution in [0.25, 0.3) is 0 Å². The molecule has 0 saturated carbocycles. The molecule has 26 heavy (non-hydrogen) atoms. The van der Waals surface area contributed by atoms with Gasteiger partial charge in [-0.2, -0.15) is 5.26 Å². The molecule has 0 saturated heterocycles. The summed E-state index contributed by atoms with van der Waals surface area (Å²) in [7, 11) is 1.43. The summed E-state index contributed by atoms with van der Waals surface area (Å²) in [6.07, 6.45) is 1.15. The Bertz CT molecular complexity index is 906. The van der Waals surface area contributed by atoms with Gasteiger partial charge in [-0.25, -0.2) is 0 Å². The van der Waals surface area contributed by atoms with Crippen molar-refractivity contribution in [3.05, 3.63) is 45.3 Å². The minimum atomic E-state index is -0.521. The fraction of sp³-hybridized carbons (Fsp3) is 0.400. The number of ether oxygens (including phenoxy) is 1. The number of allylic oxidation sites excluding steroid dienone is 4. The minimum absolute atomic E-state index is 0.0252. The first kappa shape index (κ1) is 18.3. The lowest BCUT2D eigenvalue weighted by atomic mass is 9.69. The summed E-state index contributed by atoms with van der Waals surface area (Å²) in [6.45, 7) is 5.95. The van der Waals surface area contributed by atoms with Crippen LogP contribution in [0, 0.1) is 16.7 Å². The number of methoxy groups -OCH3 is 1. The summed E-state index contributed by atoms with van der Waals surface area (Å²) in [5, 5.41) is 23.1. The first-order valence-corrected chi connectivity index (χ1v) is 8.77. The fourth-order valence-electron chi connectivity index (χ4n) is 3.83. The molecular weight excluding hydrogens is 352 g/mol. The smallest absolute Gasteiger partial charge is 0.176 e. The van der Waals surface area contributed by atoms with E-state index in [1.165, 1.54) is 7.11 Å². The number of ketones is 1. The predicted octanol–water partition coefficient (Wildman–Crippen LogP) is 4.18. The van der Waals surface area contributed by atoms with E-state index in [0.29, 0.717) is 23.1 Å². The van der Waals surface area contributed by atoms with E-state index in [-0.39, 0.29) is 27.7 Å². The number of nitrogens with zero attached hydrogens (tertiary/aromatic N) is 1. The molecular formula is C20H21ClN2O3. The number of hydrogen-bond donors (Lipinski definition) is 2. The van der Waals surface area contributed by atoms with E-state index in [4.69, 9.17) is 16.3 Å². The number of dihydropyridines is 1. The highest BCUT2D eigenvalue weighted by atomic mass is 35.5. The van der Waals surface area contributed by atoms with Gasteiger partial charge < -0.3 is 15.2 Å². The number of phenolic OH excluding ortho intramolecular Hbond substituents is 1. The maximum atomic E-state index is 13.0. The van der Waals surface area contributed by atoms with Gasteiger partial charge in [-0.1, -0.05) is 25.4 Å². The molecule has 1 aliphatic heterocycles. The second-order valence-corrected chi connectivity index (χ2v) is 8.00. The second kappa shape index (κ2) is 6.37. The van der Waals surface area contributed by atoms with Crippen molar-refractivity contribution >= 4 is 17.4 Å². The van der Waals surface area contributed by atoms with Crippen molar-refractivity contribution in [2.45, 2.75) is 39.5 Å². The average Bonchev–Trinajstić information content (AvgIpc) is 2.54. The van der Waals surface area contributed by atoms with Crippen LogP contribution in [0.3, 0.4) is 0 Å². The van der Waals surface area contributed by atoms with E-state index in [0.717, 1.165) is 17.8 Å². The molecule has 6 heteroatoms. The van der Waals surface area contributed by atoms with Crippen molar-refractivity contribution in [3.8, 4) is 17.6 Å². The van der Waals surface area contributed by atoms with Crippen LogP contribution in [0.5, 0.6) is 11.5 Å². The zero-order valence-corrected chi connectivity index (χ0v) is 16.0. The van der Waals surface area contributed by atoms with E-state index in [2.05, 4.69) is 25.2 Å². The Kier molecular flexibility index (Phi) is 4.49. The van der Waals surface area contributed by atoms with Crippen LogP contribution < -0.4 is 10.1 Å². The Morgan fingerprint density at radius 3 is 2.69 bits per heavy atom. The van der Waals surface area contributed by atoms with Gasteiger partial charge in [-0.05, 0) is 36.5 Å². The molecule has 0 fully saturated rings. The third-order valence-corrected chi connectivity index (χ3v) is 5.25. The summed E-state index contributed by atoms with van der Waals surface area (Å²) < 4.78 is 5.20. The Morgan fingerprint density at radius 2 is 2.08 bits per heavy atom. The summed E-state index contributed by atoms with van der Waals surface area (Å²) in [5.74, 6) is -0.438. The van der Waals surface area contributed by atoms with Crippen molar-refractivity contribution < 1.29 is 14.6 Å². The average molecular weight is 373 g/mol. The third kappa shape index (κ3) is 2.95. The number of Topliss-reactive ketones (excluding diaryl/α,β-unsaturated/α-hetero) is 1. The summed E-state index contributed by atoms with van der Waals surface area (Å²) in [6, 6.07) is 5.47. The van der Waals surface area contributed by atoms with Crippen LogP contribution >= 0.6 is 11.6 Å². The van der Waals surface area contributed by atoms with Gasteiger partial charge in [0.2, 0.25) is 0 Å². The molecule has 0 radical (unpaired) electrons. The minimum Gasteiger partial charge on any atom is -0.503 e. The Morgan fingerprint density at radius 1 is 1.38 bits per heavy atom. The predicted molar refractivity (Wildman–Crippen MR) is 98.9 cm³/mol. The Hall–Kier alpha value is -2.45. The number of benzene rings is 1. The number of aromatic hydroxyl groups is 1. The number of hydrogen-bond acceptors (Lipinski definition) is 5. The zero-order chi connectivity index (χ0) is 19.2.